The topological polar surface area (TPSA) is 66.4 Å². The van der Waals surface area contributed by atoms with Crippen molar-refractivity contribution < 1.29 is 8.42 Å². The molecule has 0 atom stereocenters. The van der Waals surface area contributed by atoms with Crippen LogP contribution in [0.4, 0.5) is 5.82 Å². The van der Waals surface area contributed by atoms with Crippen LogP contribution in [-0.2, 0) is 22.9 Å². The van der Waals surface area contributed by atoms with Crippen LogP contribution in [0.1, 0.15) is 21.8 Å². The minimum absolute atomic E-state index is 0.348. The Bertz CT molecular complexity index is 1400. The van der Waals surface area contributed by atoms with Gasteiger partial charge in [0.2, 0.25) is 10.0 Å². The van der Waals surface area contributed by atoms with Crippen molar-refractivity contribution in [3.05, 3.63) is 82.5 Å². The molecular formula is C26H28N4O2S2. The standard InChI is InChI=1S/C26H28N4O2S2/c1-19-20(2)33-26-24(19)25(27-23(28-26)14-13-21-9-5-3-6-10-21)29-15-17-30(18-16-29)34(31,32)22-11-7-4-8-12-22/h3-12H,13-18H2,1-2H3. The quantitative estimate of drug-likeness (QED) is 0.393. The lowest BCUT2D eigenvalue weighted by Gasteiger charge is -2.35. The van der Waals surface area contributed by atoms with Gasteiger partial charge in [0.05, 0.1) is 10.3 Å². The van der Waals surface area contributed by atoms with Crippen LogP contribution in [0, 0.1) is 13.8 Å². The number of anilines is 1. The Kier molecular flexibility index (Phi) is 6.38. The van der Waals surface area contributed by atoms with E-state index >= 15 is 0 Å². The van der Waals surface area contributed by atoms with Crippen LogP contribution in [0.5, 0.6) is 0 Å². The predicted molar refractivity (Wildman–Crippen MR) is 138 cm³/mol. The van der Waals surface area contributed by atoms with Crippen LogP contribution in [0.2, 0.25) is 0 Å². The molecule has 0 N–H and O–H groups in total. The molecule has 2 aromatic carbocycles. The van der Waals surface area contributed by atoms with Crippen LogP contribution in [0.15, 0.2) is 65.6 Å². The number of benzene rings is 2. The lowest BCUT2D eigenvalue weighted by molar-refractivity contribution is 0.384. The Morgan fingerprint density at radius 3 is 2.18 bits per heavy atom. The van der Waals surface area contributed by atoms with Gasteiger partial charge in [-0.1, -0.05) is 48.5 Å². The van der Waals surface area contributed by atoms with Crippen molar-refractivity contribution >= 4 is 37.4 Å². The second kappa shape index (κ2) is 9.44. The summed E-state index contributed by atoms with van der Waals surface area (Å²) in [5, 5.41) is 1.10. The van der Waals surface area contributed by atoms with Gasteiger partial charge in [0.25, 0.3) is 0 Å². The van der Waals surface area contributed by atoms with Crippen molar-refractivity contribution in [3.8, 4) is 0 Å². The number of hydrogen-bond acceptors (Lipinski definition) is 6. The van der Waals surface area contributed by atoms with E-state index in [1.807, 2.05) is 12.1 Å². The van der Waals surface area contributed by atoms with Gasteiger partial charge in [0.1, 0.15) is 16.5 Å². The number of thiophene rings is 1. The number of hydrogen-bond donors (Lipinski definition) is 0. The molecule has 1 aliphatic rings. The van der Waals surface area contributed by atoms with Crippen molar-refractivity contribution in [2.75, 3.05) is 31.1 Å². The highest BCUT2D eigenvalue weighted by Gasteiger charge is 2.30. The summed E-state index contributed by atoms with van der Waals surface area (Å²) >= 11 is 1.71. The van der Waals surface area contributed by atoms with Gasteiger partial charge < -0.3 is 4.90 Å². The van der Waals surface area contributed by atoms with Crippen molar-refractivity contribution in [1.82, 2.24) is 14.3 Å². The van der Waals surface area contributed by atoms with E-state index in [1.54, 1.807) is 39.9 Å². The van der Waals surface area contributed by atoms with Crippen molar-refractivity contribution in [3.63, 3.8) is 0 Å². The van der Waals surface area contributed by atoms with Crippen LogP contribution in [-0.4, -0.2) is 48.9 Å². The van der Waals surface area contributed by atoms with Crippen molar-refractivity contribution in [2.45, 2.75) is 31.6 Å². The Morgan fingerprint density at radius 2 is 1.50 bits per heavy atom. The molecule has 0 saturated carbocycles. The summed E-state index contributed by atoms with van der Waals surface area (Å²) in [4.78, 5) is 14.7. The second-order valence-corrected chi connectivity index (χ2v) is 11.8. The fourth-order valence-electron chi connectivity index (χ4n) is 4.39. The molecule has 6 nitrogen and oxygen atoms in total. The number of nitrogens with zero attached hydrogens (tertiary/aromatic N) is 4. The molecule has 8 heteroatoms. The third-order valence-corrected chi connectivity index (χ3v) is 9.47. The Hall–Kier alpha value is -2.81. The number of sulfonamides is 1. The normalized spacial score (nSPS) is 15.2. The van der Waals surface area contributed by atoms with Gasteiger partial charge in [-0.25, -0.2) is 18.4 Å². The summed E-state index contributed by atoms with van der Waals surface area (Å²) in [6.07, 6.45) is 1.66. The third kappa shape index (κ3) is 4.45. The SMILES string of the molecule is Cc1sc2nc(CCc3ccccc3)nc(N3CCN(S(=O)(=O)c4ccccc4)CC3)c2c1C. The van der Waals surface area contributed by atoms with Crippen LogP contribution in [0.25, 0.3) is 10.2 Å². The van der Waals surface area contributed by atoms with Gasteiger partial charge in [-0.15, -0.1) is 11.3 Å². The molecule has 0 aliphatic carbocycles. The Balaban J connectivity index is 1.40. The Morgan fingerprint density at radius 1 is 0.853 bits per heavy atom. The van der Waals surface area contributed by atoms with Gasteiger partial charge in [0.15, 0.2) is 0 Å². The number of aryl methyl sites for hydroxylation is 4. The molecule has 1 aliphatic heterocycles. The fourth-order valence-corrected chi connectivity index (χ4v) is 6.88. The molecule has 4 aromatic rings. The smallest absolute Gasteiger partial charge is 0.243 e. The van der Waals surface area contributed by atoms with Gasteiger partial charge in [-0.2, -0.15) is 4.31 Å². The zero-order valence-electron chi connectivity index (χ0n) is 19.4. The van der Waals surface area contributed by atoms with E-state index in [4.69, 9.17) is 9.97 Å². The van der Waals surface area contributed by atoms with Crippen molar-refractivity contribution in [1.29, 1.82) is 0 Å². The van der Waals surface area contributed by atoms with Crippen molar-refractivity contribution in [2.24, 2.45) is 0 Å². The molecule has 3 heterocycles. The first kappa shape index (κ1) is 23.0. The maximum absolute atomic E-state index is 13.1. The lowest BCUT2D eigenvalue weighted by Crippen LogP contribution is -2.49. The largest absolute Gasteiger partial charge is 0.353 e. The van der Waals surface area contributed by atoms with Gasteiger partial charge in [-0.3, -0.25) is 0 Å². The lowest BCUT2D eigenvalue weighted by atomic mass is 10.1. The predicted octanol–water partition coefficient (Wildman–Crippen LogP) is 4.60. The highest BCUT2D eigenvalue weighted by molar-refractivity contribution is 7.89. The molecule has 0 unspecified atom stereocenters. The summed E-state index contributed by atoms with van der Waals surface area (Å²) in [5.41, 5.74) is 2.48. The minimum atomic E-state index is -3.49. The first-order valence-corrected chi connectivity index (χ1v) is 13.8. The van der Waals surface area contributed by atoms with Crippen LogP contribution < -0.4 is 4.90 Å². The molecule has 2 aromatic heterocycles. The second-order valence-electron chi connectivity index (χ2n) is 8.62. The fraction of sp³-hybridized carbons (Fsp3) is 0.308. The average molecular weight is 493 g/mol. The number of rotatable bonds is 6. The molecule has 5 rings (SSSR count). The van der Waals surface area contributed by atoms with E-state index in [2.05, 4.69) is 43.0 Å². The number of aromatic nitrogens is 2. The molecule has 0 amide bonds. The van der Waals surface area contributed by atoms with Gasteiger partial charge >= 0.3 is 0 Å². The molecule has 0 radical (unpaired) electrons. The third-order valence-electron chi connectivity index (χ3n) is 6.46. The molecule has 0 bridgehead atoms. The maximum atomic E-state index is 13.1. The Labute approximate surface area is 205 Å². The van der Waals surface area contributed by atoms with Gasteiger partial charge in [-0.05, 0) is 43.5 Å². The summed E-state index contributed by atoms with van der Waals surface area (Å²) in [7, 11) is -3.49. The molecule has 34 heavy (non-hydrogen) atoms. The summed E-state index contributed by atoms with van der Waals surface area (Å²) < 4.78 is 27.7. The summed E-state index contributed by atoms with van der Waals surface area (Å²) in [6, 6.07) is 19.1. The monoisotopic (exact) mass is 492 g/mol. The average Bonchev–Trinajstić information content (AvgIpc) is 3.16. The van der Waals surface area contributed by atoms with Crippen LogP contribution in [0.3, 0.4) is 0 Å². The van der Waals surface area contributed by atoms with Crippen LogP contribution >= 0.6 is 11.3 Å². The molecule has 0 spiro atoms. The molecular weight excluding hydrogens is 464 g/mol. The van der Waals surface area contributed by atoms with E-state index < -0.39 is 10.0 Å². The first-order chi connectivity index (χ1) is 16.4. The molecule has 1 saturated heterocycles. The first-order valence-electron chi connectivity index (χ1n) is 11.5. The minimum Gasteiger partial charge on any atom is -0.353 e. The zero-order valence-corrected chi connectivity index (χ0v) is 21.1. The zero-order chi connectivity index (χ0) is 23.7. The van der Waals surface area contributed by atoms with E-state index in [0.29, 0.717) is 31.1 Å². The highest BCUT2D eigenvalue weighted by atomic mass is 32.2. The summed E-state index contributed by atoms with van der Waals surface area (Å²) in [6.45, 7) is 6.32. The van der Waals surface area contributed by atoms with Gasteiger partial charge in [0, 0.05) is 37.5 Å². The summed E-state index contributed by atoms with van der Waals surface area (Å²) in [5.74, 6) is 1.78. The molecule has 176 valence electrons. The number of fused-ring (bicyclic) bond motifs is 1. The molecule has 1 fully saturated rings. The maximum Gasteiger partial charge on any atom is 0.243 e. The van der Waals surface area contributed by atoms with E-state index in [0.717, 1.165) is 34.7 Å². The van der Waals surface area contributed by atoms with E-state index in [9.17, 15) is 8.42 Å². The van der Waals surface area contributed by atoms with E-state index in [-0.39, 0.29) is 0 Å². The number of piperazine rings is 1. The highest BCUT2D eigenvalue weighted by Crippen LogP contribution is 2.35. The van der Waals surface area contributed by atoms with E-state index in [1.165, 1.54) is 16.0 Å².